The van der Waals surface area contributed by atoms with E-state index in [-0.39, 0.29) is 13.0 Å². The van der Waals surface area contributed by atoms with Gasteiger partial charge in [-0.3, -0.25) is 4.90 Å². The molecule has 0 aromatic rings. The summed E-state index contributed by atoms with van der Waals surface area (Å²) in [5.74, 6) is -0.528. The molecule has 1 aliphatic heterocycles. The average molecular weight is 259 g/mol. The van der Waals surface area contributed by atoms with Crippen LogP contribution in [-0.2, 0) is 14.3 Å². The highest BCUT2D eigenvalue weighted by atomic mass is 16.6. The minimum atomic E-state index is -0.770. The van der Waals surface area contributed by atoms with Crippen LogP contribution in [0.5, 0.6) is 0 Å². The first-order chi connectivity index (χ1) is 8.24. The van der Waals surface area contributed by atoms with E-state index >= 15 is 0 Å². The zero-order valence-corrected chi connectivity index (χ0v) is 11.3. The lowest BCUT2D eigenvalue weighted by atomic mass is 10.00. The summed E-state index contributed by atoms with van der Waals surface area (Å²) in [7, 11) is 1.26. The minimum absolute atomic E-state index is 0.186. The zero-order chi connectivity index (χ0) is 13.9. The van der Waals surface area contributed by atoms with Gasteiger partial charge in [-0.05, 0) is 27.2 Å². The van der Waals surface area contributed by atoms with Gasteiger partial charge in [0.05, 0.1) is 13.2 Å². The molecule has 6 heteroatoms. The Hall–Kier alpha value is -1.30. The Morgan fingerprint density at radius 1 is 1.33 bits per heavy atom. The fraction of sp³-hybridized carbons (Fsp3) is 0.833. The second kappa shape index (κ2) is 5.56. The summed E-state index contributed by atoms with van der Waals surface area (Å²) >= 11 is 0. The molecule has 0 radical (unpaired) electrons. The fourth-order valence-electron chi connectivity index (χ4n) is 1.85. The maximum absolute atomic E-state index is 12.0. The van der Waals surface area contributed by atoms with Crippen molar-refractivity contribution >= 4 is 12.1 Å². The van der Waals surface area contributed by atoms with Crippen molar-refractivity contribution in [2.45, 2.75) is 51.4 Å². The number of ether oxygens (including phenoxy) is 2. The van der Waals surface area contributed by atoms with Crippen molar-refractivity contribution in [1.29, 1.82) is 0 Å². The lowest BCUT2D eigenvalue weighted by Gasteiger charge is -2.36. The summed E-state index contributed by atoms with van der Waals surface area (Å²) in [5, 5.41) is 9.57. The van der Waals surface area contributed by atoms with E-state index in [9.17, 15) is 14.7 Å². The molecule has 1 amide bonds. The van der Waals surface area contributed by atoms with Crippen LogP contribution in [-0.4, -0.2) is 53.5 Å². The van der Waals surface area contributed by atoms with Crippen molar-refractivity contribution in [1.82, 2.24) is 4.90 Å². The van der Waals surface area contributed by atoms with Gasteiger partial charge in [0.2, 0.25) is 0 Å². The molecule has 1 fully saturated rings. The van der Waals surface area contributed by atoms with E-state index in [2.05, 4.69) is 4.74 Å². The summed E-state index contributed by atoms with van der Waals surface area (Å²) in [4.78, 5) is 24.9. The highest BCUT2D eigenvalue weighted by Gasteiger charge is 2.38. The topological polar surface area (TPSA) is 76.1 Å². The largest absolute Gasteiger partial charge is 0.467 e. The Morgan fingerprint density at radius 2 is 1.94 bits per heavy atom. The lowest BCUT2D eigenvalue weighted by Crippen LogP contribution is -2.53. The van der Waals surface area contributed by atoms with Gasteiger partial charge < -0.3 is 14.6 Å². The molecule has 0 bridgehead atoms. The average Bonchev–Trinajstić information content (AvgIpc) is 2.25. The second-order valence-corrected chi connectivity index (χ2v) is 5.39. The Morgan fingerprint density at radius 3 is 2.44 bits per heavy atom. The summed E-state index contributed by atoms with van der Waals surface area (Å²) in [6.07, 6.45) is -0.517. The predicted octanol–water partition coefficient (Wildman–Crippen LogP) is 0.920. The van der Waals surface area contributed by atoms with E-state index in [4.69, 9.17) is 4.74 Å². The molecule has 1 unspecified atom stereocenters. The molecule has 1 heterocycles. The van der Waals surface area contributed by atoms with E-state index < -0.39 is 29.8 Å². The number of hydrogen-bond acceptors (Lipinski definition) is 5. The molecule has 0 saturated carbocycles. The number of nitrogens with zero attached hydrogens (tertiary/aromatic N) is 1. The Kier molecular flexibility index (Phi) is 4.56. The number of rotatable bonds is 1. The molecular formula is C12H21NO5. The smallest absolute Gasteiger partial charge is 0.411 e. The molecule has 2 atom stereocenters. The second-order valence-electron chi connectivity index (χ2n) is 5.39. The van der Waals surface area contributed by atoms with Crippen LogP contribution in [0.2, 0.25) is 0 Å². The van der Waals surface area contributed by atoms with Gasteiger partial charge in [-0.1, -0.05) is 0 Å². The number of piperidine rings is 1. The highest BCUT2D eigenvalue weighted by Crippen LogP contribution is 2.21. The van der Waals surface area contributed by atoms with E-state index in [0.717, 1.165) is 0 Å². The van der Waals surface area contributed by atoms with Gasteiger partial charge in [0, 0.05) is 13.0 Å². The van der Waals surface area contributed by atoms with Gasteiger partial charge in [-0.2, -0.15) is 0 Å². The molecule has 0 spiro atoms. The first kappa shape index (κ1) is 14.8. The Bertz CT molecular complexity index is 323. The molecular weight excluding hydrogens is 238 g/mol. The summed E-state index contributed by atoms with van der Waals surface area (Å²) in [6, 6.07) is -0.770. The fourth-order valence-corrected chi connectivity index (χ4v) is 1.85. The van der Waals surface area contributed by atoms with Crippen molar-refractivity contribution in [3.05, 3.63) is 0 Å². The van der Waals surface area contributed by atoms with Crippen LogP contribution in [0.25, 0.3) is 0 Å². The van der Waals surface area contributed by atoms with Gasteiger partial charge in [0.25, 0.3) is 0 Å². The first-order valence-electron chi connectivity index (χ1n) is 6.00. The van der Waals surface area contributed by atoms with Gasteiger partial charge >= 0.3 is 12.1 Å². The van der Waals surface area contributed by atoms with Crippen LogP contribution in [0.4, 0.5) is 4.79 Å². The SMILES string of the molecule is COC(=O)C1C[C@H](O)CCN1C(=O)OC(C)(C)C. The number of likely N-dealkylation sites (tertiary alicyclic amines) is 1. The lowest BCUT2D eigenvalue weighted by molar-refractivity contribution is -0.149. The standard InChI is InChI=1S/C12H21NO5/c1-12(2,3)18-11(16)13-6-5-8(14)7-9(13)10(15)17-4/h8-9,14H,5-7H2,1-4H3/t8-,9?/m1/s1. The van der Waals surface area contributed by atoms with Gasteiger partial charge in [0.1, 0.15) is 11.6 Å². The minimum Gasteiger partial charge on any atom is -0.467 e. The number of hydrogen-bond donors (Lipinski definition) is 1. The van der Waals surface area contributed by atoms with Gasteiger partial charge in [-0.15, -0.1) is 0 Å². The van der Waals surface area contributed by atoms with Crippen molar-refractivity contribution in [2.24, 2.45) is 0 Å². The molecule has 1 aliphatic rings. The molecule has 0 aromatic carbocycles. The maximum atomic E-state index is 12.0. The molecule has 0 aliphatic carbocycles. The predicted molar refractivity (Wildman–Crippen MR) is 64.0 cm³/mol. The van der Waals surface area contributed by atoms with Gasteiger partial charge in [0.15, 0.2) is 0 Å². The Balaban J connectivity index is 2.77. The molecule has 0 aromatic heterocycles. The third-order valence-corrected chi connectivity index (χ3v) is 2.68. The number of aliphatic hydroxyl groups is 1. The number of esters is 1. The summed E-state index contributed by atoms with van der Waals surface area (Å²) in [5.41, 5.74) is -0.617. The summed E-state index contributed by atoms with van der Waals surface area (Å²) in [6.45, 7) is 5.57. The highest BCUT2D eigenvalue weighted by molar-refractivity contribution is 5.81. The molecule has 1 rings (SSSR count). The number of amides is 1. The summed E-state index contributed by atoms with van der Waals surface area (Å²) < 4.78 is 9.88. The van der Waals surface area contributed by atoms with Crippen LogP contribution in [0, 0.1) is 0 Å². The Labute approximate surface area is 107 Å². The molecule has 6 nitrogen and oxygen atoms in total. The van der Waals surface area contributed by atoms with Gasteiger partial charge in [-0.25, -0.2) is 9.59 Å². The van der Waals surface area contributed by atoms with Crippen LogP contribution in [0.3, 0.4) is 0 Å². The van der Waals surface area contributed by atoms with Crippen molar-refractivity contribution in [3.63, 3.8) is 0 Å². The molecule has 1 N–H and O–H groups in total. The van der Waals surface area contributed by atoms with Crippen LogP contribution in [0.15, 0.2) is 0 Å². The van der Waals surface area contributed by atoms with Crippen LogP contribution < -0.4 is 0 Å². The van der Waals surface area contributed by atoms with Crippen molar-refractivity contribution in [2.75, 3.05) is 13.7 Å². The quantitative estimate of drug-likeness (QED) is 0.709. The zero-order valence-electron chi connectivity index (χ0n) is 11.3. The van der Waals surface area contributed by atoms with E-state index in [1.807, 2.05) is 0 Å². The van der Waals surface area contributed by atoms with Crippen LogP contribution >= 0.6 is 0 Å². The van der Waals surface area contributed by atoms with E-state index in [1.165, 1.54) is 12.0 Å². The van der Waals surface area contributed by atoms with Crippen molar-refractivity contribution in [3.8, 4) is 0 Å². The molecule has 1 saturated heterocycles. The number of aliphatic hydroxyl groups excluding tert-OH is 1. The molecule has 18 heavy (non-hydrogen) atoms. The molecule has 104 valence electrons. The monoisotopic (exact) mass is 259 g/mol. The van der Waals surface area contributed by atoms with E-state index in [1.54, 1.807) is 20.8 Å². The number of carbonyl (C=O) groups is 2. The third kappa shape index (κ3) is 3.87. The number of methoxy groups -OCH3 is 1. The third-order valence-electron chi connectivity index (χ3n) is 2.68. The van der Waals surface area contributed by atoms with Crippen molar-refractivity contribution < 1.29 is 24.2 Å². The maximum Gasteiger partial charge on any atom is 0.411 e. The normalized spacial score (nSPS) is 24.6. The van der Waals surface area contributed by atoms with E-state index in [0.29, 0.717) is 6.42 Å². The van der Waals surface area contributed by atoms with Crippen LogP contribution in [0.1, 0.15) is 33.6 Å². The number of carbonyl (C=O) groups excluding carboxylic acids is 2. The first-order valence-corrected chi connectivity index (χ1v) is 6.00.